The van der Waals surface area contributed by atoms with Crippen LogP contribution in [0.1, 0.15) is 39.2 Å². The molecule has 2 unspecified atom stereocenters. The number of aromatic nitrogens is 1. The second kappa shape index (κ2) is 14.0. The fourth-order valence-corrected chi connectivity index (χ4v) is 5.55. The SMILES string of the molecule is C=CC1=C(/C=C\C)CN(C(C(=O)N2CCCC2C=O)C(C)C)C1=O.CNCc1ccc(-c2cncs2)cc1. The second-order valence-electron chi connectivity index (χ2n) is 9.74. The second-order valence-corrected chi connectivity index (χ2v) is 10.6. The monoisotopic (exact) mass is 534 g/mol. The largest absolute Gasteiger partial charge is 0.331 e. The van der Waals surface area contributed by atoms with Crippen molar-refractivity contribution < 1.29 is 14.4 Å². The molecule has 8 heteroatoms. The lowest BCUT2D eigenvalue weighted by Gasteiger charge is -2.34. The van der Waals surface area contributed by atoms with Crippen molar-refractivity contribution >= 4 is 29.4 Å². The molecule has 4 rings (SSSR count). The molecule has 1 aromatic carbocycles. The van der Waals surface area contributed by atoms with Crippen molar-refractivity contribution in [3.05, 3.63) is 77.5 Å². The summed E-state index contributed by atoms with van der Waals surface area (Å²) in [5, 5.41) is 3.13. The molecule has 3 heterocycles. The summed E-state index contributed by atoms with van der Waals surface area (Å²) in [6.07, 6.45) is 9.60. The van der Waals surface area contributed by atoms with Crippen LogP contribution >= 0.6 is 11.3 Å². The van der Waals surface area contributed by atoms with E-state index in [-0.39, 0.29) is 23.8 Å². The average molecular weight is 535 g/mol. The first kappa shape index (κ1) is 29.2. The van der Waals surface area contributed by atoms with Crippen molar-refractivity contribution in [1.82, 2.24) is 20.1 Å². The molecular weight excluding hydrogens is 496 g/mol. The van der Waals surface area contributed by atoms with Gasteiger partial charge in [-0.1, -0.05) is 62.9 Å². The van der Waals surface area contributed by atoms with Gasteiger partial charge in [0.25, 0.3) is 5.91 Å². The summed E-state index contributed by atoms with van der Waals surface area (Å²) in [5.74, 6) is -0.324. The smallest absolute Gasteiger partial charge is 0.255 e. The lowest BCUT2D eigenvalue weighted by atomic mass is 10.0. The summed E-state index contributed by atoms with van der Waals surface area (Å²) in [6, 6.07) is 7.64. The Bertz CT molecular complexity index is 1170. The Balaban J connectivity index is 0.000000241. The van der Waals surface area contributed by atoms with Gasteiger partial charge >= 0.3 is 0 Å². The molecule has 0 bridgehead atoms. The minimum Gasteiger partial charge on any atom is -0.331 e. The number of likely N-dealkylation sites (tertiary alicyclic amines) is 1. The van der Waals surface area contributed by atoms with Crippen molar-refractivity contribution in [3.63, 3.8) is 0 Å². The van der Waals surface area contributed by atoms with Crippen LogP contribution in [0, 0.1) is 5.92 Å². The van der Waals surface area contributed by atoms with Crippen LogP contribution in [0.2, 0.25) is 0 Å². The van der Waals surface area contributed by atoms with Crippen molar-refractivity contribution in [2.75, 3.05) is 20.1 Å². The first-order valence-electron chi connectivity index (χ1n) is 13.0. The number of allylic oxidation sites excluding steroid dienone is 1. The van der Waals surface area contributed by atoms with E-state index in [0.717, 1.165) is 24.8 Å². The predicted molar refractivity (Wildman–Crippen MR) is 153 cm³/mol. The number of hydrogen-bond acceptors (Lipinski definition) is 6. The van der Waals surface area contributed by atoms with Crippen LogP contribution in [0.25, 0.3) is 10.4 Å². The average Bonchev–Trinajstić information content (AvgIpc) is 3.67. The lowest BCUT2D eigenvalue weighted by Crippen LogP contribution is -2.53. The first-order chi connectivity index (χ1) is 18.4. The van der Waals surface area contributed by atoms with Crippen molar-refractivity contribution in [2.45, 2.75) is 52.2 Å². The van der Waals surface area contributed by atoms with Crippen LogP contribution in [-0.2, 0) is 20.9 Å². The molecule has 2 aliphatic rings. The summed E-state index contributed by atoms with van der Waals surface area (Å²) < 4.78 is 0. The molecule has 202 valence electrons. The highest BCUT2D eigenvalue weighted by molar-refractivity contribution is 7.13. The van der Waals surface area contributed by atoms with Gasteiger partial charge in [0.1, 0.15) is 12.3 Å². The molecule has 0 saturated carbocycles. The maximum absolute atomic E-state index is 13.1. The van der Waals surface area contributed by atoms with E-state index in [9.17, 15) is 14.4 Å². The molecular formula is C30H38N4O3S. The number of nitrogens with one attached hydrogen (secondary N) is 1. The Kier molecular flexibility index (Phi) is 10.7. The predicted octanol–water partition coefficient (Wildman–Crippen LogP) is 4.63. The minimum absolute atomic E-state index is 0.0367. The molecule has 0 aliphatic carbocycles. The molecule has 7 nitrogen and oxygen atoms in total. The first-order valence-corrected chi connectivity index (χ1v) is 13.9. The zero-order chi connectivity index (χ0) is 27.7. The molecule has 2 aliphatic heterocycles. The fourth-order valence-electron chi connectivity index (χ4n) is 4.92. The molecule has 0 spiro atoms. The topological polar surface area (TPSA) is 82.6 Å². The van der Waals surface area contributed by atoms with Gasteiger partial charge in [0.15, 0.2) is 0 Å². The van der Waals surface area contributed by atoms with Gasteiger partial charge in [-0.2, -0.15) is 0 Å². The van der Waals surface area contributed by atoms with Gasteiger partial charge in [-0.15, -0.1) is 11.3 Å². The maximum atomic E-state index is 13.1. The Morgan fingerprint density at radius 2 is 2.03 bits per heavy atom. The van der Waals surface area contributed by atoms with Crippen molar-refractivity contribution in [2.24, 2.45) is 5.92 Å². The fraction of sp³-hybridized carbons (Fsp3) is 0.400. The Morgan fingerprint density at radius 3 is 2.58 bits per heavy atom. The third-order valence-corrected chi connectivity index (χ3v) is 7.58. The van der Waals surface area contributed by atoms with Gasteiger partial charge in [-0.25, -0.2) is 0 Å². The molecule has 1 aromatic heterocycles. The molecule has 1 fully saturated rings. The molecule has 38 heavy (non-hydrogen) atoms. The van der Waals surface area contributed by atoms with E-state index in [0.29, 0.717) is 25.1 Å². The molecule has 2 atom stereocenters. The van der Waals surface area contributed by atoms with Crippen LogP contribution in [0.15, 0.2) is 71.9 Å². The Hall–Kier alpha value is -3.36. The summed E-state index contributed by atoms with van der Waals surface area (Å²) in [4.78, 5) is 45.6. The standard InChI is InChI=1S/C19H26N2O3.C11H12N2S/c1-5-8-14-11-21(18(23)16(14)6-2)17(13(3)4)19(24)20-10-7-9-15(20)12-22;1-12-6-9-2-4-10(5-3-9)11-7-13-8-14-11/h5-6,8,12-13,15,17H,2,7,9-11H2,1,3-4H3;2-5,7-8,12H,6H2,1H3/b8-5-;. The van der Waals surface area contributed by atoms with E-state index < -0.39 is 6.04 Å². The molecule has 2 amide bonds. The zero-order valence-corrected chi connectivity index (χ0v) is 23.5. The van der Waals surface area contributed by atoms with E-state index >= 15 is 0 Å². The van der Waals surface area contributed by atoms with Crippen LogP contribution < -0.4 is 5.32 Å². The van der Waals surface area contributed by atoms with Gasteiger partial charge in [0.2, 0.25) is 5.91 Å². The number of carbonyl (C=O) groups excluding carboxylic acids is 3. The summed E-state index contributed by atoms with van der Waals surface area (Å²) in [5.41, 5.74) is 5.84. The van der Waals surface area contributed by atoms with Gasteiger partial charge in [-0.3, -0.25) is 14.6 Å². The molecule has 1 N–H and O–H groups in total. The molecule has 1 saturated heterocycles. The van der Waals surface area contributed by atoms with E-state index in [1.165, 1.54) is 16.0 Å². The number of benzene rings is 1. The number of amides is 2. The van der Waals surface area contributed by atoms with E-state index in [4.69, 9.17) is 0 Å². The maximum Gasteiger partial charge on any atom is 0.255 e. The van der Waals surface area contributed by atoms with Gasteiger partial charge in [-0.05, 0) is 49.4 Å². The van der Waals surface area contributed by atoms with E-state index in [2.05, 4.69) is 41.1 Å². The third-order valence-electron chi connectivity index (χ3n) is 6.76. The van der Waals surface area contributed by atoms with Gasteiger partial charge in [0, 0.05) is 31.4 Å². The molecule has 2 aromatic rings. The summed E-state index contributed by atoms with van der Waals surface area (Å²) in [7, 11) is 1.96. The Morgan fingerprint density at radius 1 is 1.29 bits per heavy atom. The van der Waals surface area contributed by atoms with Crippen LogP contribution in [-0.4, -0.2) is 65.1 Å². The van der Waals surface area contributed by atoms with Crippen LogP contribution in [0.4, 0.5) is 0 Å². The van der Waals surface area contributed by atoms with Crippen molar-refractivity contribution in [1.29, 1.82) is 0 Å². The number of rotatable bonds is 9. The van der Waals surface area contributed by atoms with Gasteiger partial charge < -0.3 is 19.9 Å². The van der Waals surface area contributed by atoms with E-state index in [1.807, 2.05) is 51.7 Å². The summed E-state index contributed by atoms with van der Waals surface area (Å²) in [6.45, 7) is 11.4. The lowest BCUT2D eigenvalue weighted by molar-refractivity contribution is -0.146. The van der Waals surface area contributed by atoms with E-state index in [1.54, 1.807) is 27.2 Å². The zero-order valence-electron chi connectivity index (χ0n) is 22.7. The normalized spacial score (nSPS) is 18.2. The minimum atomic E-state index is -0.559. The highest BCUT2D eigenvalue weighted by Crippen LogP contribution is 2.29. The third kappa shape index (κ3) is 6.74. The number of carbonyl (C=O) groups is 3. The van der Waals surface area contributed by atoms with Crippen molar-refractivity contribution in [3.8, 4) is 10.4 Å². The van der Waals surface area contributed by atoms with Crippen LogP contribution in [0.3, 0.4) is 0 Å². The quantitative estimate of drug-likeness (QED) is 0.475. The van der Waals surface area contributed by atoms with Gasteiger partial charge in [0.05, 0.1) is 16.4 Å². The number of aldehydes is 1. The highest BCUT2D eigenvalue weighted by atomic mass is 32.1. The highest BCUT2D eigenvalue weighted by Gasteiger charge is 2.42. The molecule has 0 radical (unpaired) electrons. The number of thiazole rings is 1. The number of nitrogens with zero attached hydrogens (tertiary/aromatic N) is 3. The van der Waals surface area contributed by atoms with Crippen LogP contribution in [0.5, 0.6) is 0 Å². The summed E-state index contributed by atoms with van der Waals surface area (Å²) >= 11 is 1.67. The Labute approximate surface area is 229 Å². The number of hydrogen-bond donors (Lipinski definition) is 1.